The highest BCUT2D eigenvalue weighted by molar-refractivity contribution is 6.26. The normalized spacial score (nSPS) is 11.1. The lowest BCUT2D eigenvalue weighted by Crippen LogP contribution is -2.29. The molecule has 4 N–H and O–H groups in total. The van der Waals surface area contributed by atoms with Crippen LogP contribution in [-0.2, 0) is 11.3 Å². The molecule has 0 fully saturated rings. The molecule has 0 atom stereocenters. The summed E-state index contributed by atoms with van der Waals surface area (Å²) in [7, 11) is 0. The van der Waals surface area contributed by atoms with Gasteiger partial charge in [0.2, 0.25) is 0 Å². The van der Waals surface area contributed by atoms with Gasteiger partial charge in [-0.2, -0.15) is 0 Å². The van der Waals surface area contributed by atoms with E-state index < -0.39 is 0 Å². The van der Waals surface area contributed by atoms with E-state index in [1.54, 1.807) is 0 Å². The number of aldehydes is 1. The first-order valence-electron chi connectivity index (χ1n) is 4.08. The molecule has 0 unspecified atom stereocenters. The Bertz CT molecular complexity index is 323. The zero-order valence-corrected chi connectivity index (χ0v) is 7.63. The molecular weight excluding hydrogens is 180 g/mol. The van der Waals surface area contributed by atoms with Crippen LogP contribution in [0.25, 0.3) is 0 Å². The van der Waals surface area contributed by atoms with Gasteiger partial charge in [-0.25, -0.2) is 11.0 Å². The number of benzene rings is 1. The first-order valence-corrected chi connectivity index (χ1v) is 4.08. The van der Waals surface area contributed by atoms with Crippen molar-refractivity contribution in [3.63, 3.8) is 0 Å². The van der Waals surface area contributed by atoms with E-state index in [2.05, 4.69) is 5.10 Å². The zero-order chi connectivity index (χ0) is 10.4. The molecule has 1 aromatic rings. The molecular formula is C9H12N4O. The number of carbonyl (C=O) groups is 1. The van der Waals surface area contributed by atoms with Crippen LogP contribution in [0.15, 0.2) is 35.4 Å². The van der Waals surface area contributed by atoms with Crippen molar-refractivity contribution in [3.8, 4) is 0 Å². The Morgan fingerprint density at radius 1 is 1.43 bits per heavy atom. The van der Waals surface area contributed by atoms with Crippen LogP contribution < -0.4 is 11.6 Å². The fraction of sp³-hybridized carbons (Fsp3) is 0.111. The average molecular weight is 192 g/mol. The summed E-state index contributed by atoms with van der Waals surface area (Å²) in [5.41, 5.74) is 6.19. The molecule has 0 radical (unpaired) electrons. The molecule has 0 spiro atoms. The summed E-state index contributed by atoms with van der Waals surface area (Å²) in [5.74, 6) is 5.35. The summed E-state index contributed by atoms with van der Waals surface area (Å²) in [4.78, 5) is 10.2. The predicted octanol–water partition coefficient (Wildman–Crippen LogP) is -0.167. The Balaban J connectivity index is 2.58. The van der Waals surface area contributed by atoms with E-state index in [4.69, 9.17) is 11.6 Å². The maximum Gasteiger partial charge on any atom is 0.186 e. The van der Waals surface area contributed by atoms with Gasteiger partial charge in [-0.3, -0.25) is 4.79 Å². The van der Waals surface area contributed by atoms with E-state index in [1.807, 2.05) is 30.3 Å². The zero-order valence-electron chi connectivity index (χ0n) is 7.63. The maximum atomic E-state index is 10.2. The molecule has 0 aliphatic heterocycles. The highest BCUT2D eigenvalue weighted by Crippen LogP contribution is 2.00. The van der Waals surface area contributed by atoms with Crippen molar-refractivity contribution in [2.45, 2.75) is 6.54 Å². The topological polar surface area (TPSA) is 84.7 Å². The molecule has 0 aliphatic carbocycles. The van der Waals surface area contributed by atoms with E-state index in [-0.39, 0.29) is 5.84 Å². The average Bonchev–Trinajstić information content (AvgIpc) is 2.19. The van der Waals surface area contributed by atoms with Crippen molar-refractivity contribution < 1.29 is 4.79 Å². The van der Waals surface area contributed by atoms with Crippen LogP contribution in [0.4, 0.5) is 0 Å². The van der Waals surface area contributed by atoms with Gasteiger partial charge >= 0.3 is 0 Å². The summed E-state index contributed by atoms with van der Waals surface area (Å²) in [5, 5.41) is 4.75. The molecule has 0 aliphatic rings. The van der Waals surface area contributed by atoms with Crippen LogP contribution in [0, 0.1) is 0 Å². The van der Waals surface area contributed by atoms with Gasteiger partial charge in [0.25, 0.3) is 0 Å². The minimum Gasteiger partial charge on any atom is -0.380 e. The van der Waals surface area contributed by atoms with E-state index in [1.165, 1.54) is 0 Å². The first kappa shape index (κ1) is 10.2. The maximum absolute atomic E-state index is 10.2. The molecule has 1 rings (SSSR count). The first-order chi connectivity index (χ1) is 6.72. The van der Waals surface area contributed by atoms with Crippen molar-refractivity contribution in [2.75, 3.05) is 0 Å². The molecule has 14 heavy (non-hydrogen) atoms. The largest absolute Gasteiger partial charge is 0.380 e. The molecule has 0 saturated heterocycles. The highest BCUT2D eigenvalue weighted by atomic mass is 16.1. The molecule has 74 valence electrons. The van der Waals surface area contributed by atoms with E-state index in [0.29, 0.717) is 12.8 Å². The summed E-state index contributed by atoms with van der Waals surface area (Å²) in [6.45, 7) is 0.412. The minimum atomic E-state index is -0.136. The summed E-state index contributed by atoms with van der Waals surface area (Å²) in [6.07, 6.45) is 0.449. The minimum absolute atomic E-state index is 0.136. The predicted molar refractivity (Wildman–Crippen MR) is 53.9 cm³/mol. The molecule has 1 aromatic carbocycles. The van der Waals surface area contributed by atoms with Gasteiger partial charge in [0.1, 0.15) is 0 Å². The number of hydrazine groups is 1. The molecule has 0 heterocycles. The Morgan fingerprint density at radius 3 is 2.64 bits per heavy atom. The second-order valence-corrected chi connectivity index (χ2v) is 2.73. The number of amidine groups is 1. The lowest BCUT2D eigenvalue weighted by Gasteiger charge is -2.11. The quantitative estimate of drug-likeness (QED) is 0.228. The second-order valence-electron chi connectivity index (χ2n) is 2.73. The molecule has 0 bridgehead atoms. The van der Waals surface area contributed by atoms with E-state index in [0.717, 1.165) is 10.7 Å². The van der Waals surface area contributed by atoms with Crippen molar-refractivity contribution in [2.24, 2.45) is 16.7 Å². The third kappa shape index (κ3) is 3.24. The molecule has 0 aromatic heterocycles. The van der Waals surface area contributed by atoms with Crippen molar-refractivity contribution in [3.05, 3.63) is 35.9 Å². The van der Waals surface area contributed by atoms with E-state index in [9.17, 15) is 4.79 Å². The van der Waals surface area contributed by atoms with Crippen LogP contribution in [0.3, 0.4) is 0 Å². The highest BCUT2D eigenvalue weighted by Gasteiger charge is 1.97. The summed E-state index contributed by atoms with van der Waals surface area (Å²) >= 11 is 0. The summed E-state index contributed by atoms with van der Waals surface area (Å²) in [6, 6.07) is 9.53. The Labute approximate surface area is 82.0 Å². The van der Waals surface area contributed by atoms with Crippen LogP contribution in [0.1, 0.15) is 5.56 Å². The van der Waals surface area contributed by atoms with Gasteiger partial charge in [0.15, 0.2) is 12.1 Å². The number of rotatable bonds is 4. The third-order valence-corrected chi connectivity index (χ3v) is 1.55. The Kier molecular flexibility index (Phi) is 3.63. The lowest BCUT2D eigenvalue weighted by atomic mass is 10.2. The third-order valence-electron chi connectivity index (χ3n) is 1.55. The smallest absolute Gasteiger partial charge is 0.186 e. The van der Waals surface area contributed by atoms with Gasteiger partial charge in [-0.15, -0.1) is 5.10 Å². The van der Waals surface area contributed by atoms with Gasteiger partial charge in [0.05, 0.1) is 6.54 Å². The van der Waals surface area contributed by atoms with E-state index >= 15 is 0 Å². The Hall–Kier alpha value is -1.88. The second kappa shape index (κ2) is 4.98. The van der Waals surface area contributed by atoms with Gasteiger partial charge in [0, 0.05) is 0 Å². The Morgan fingerprint density at radius 2 is 2.07 bits per heavy atom. The fourth-order valence-corrected chi connectivity index (χ4v) is 0.978. The van der Waals surface area contributed by atoms with Gasteiger partial charge < -0.3 is 5.73 Å². The fourth-order valence-electron chi connectivity index (χ4n) is 0.978. The van der Waals surface area contributed by atoms with Crippen LogP contribution in [0.5, 0.6) is 0 Å². The van der Waals surface area contributed by atoms with Crippen molar-refractivity contribution in [1.29, 1.82) is 0 Å². The number of carbonyl (C=O) groups excluding carboxylic acids is 1. The van der Waals surface area contributed by atoms with Crippen LogP contribution in [0.2, 0.25) is 0 Å². The number of nitrogens with zero attached hydrogens (tertiary/aromatic N) is 2. The number of hydrogen-bond donors (Lipinski definition) is 2. The number of nitrogens with two attached hydrogens (primary N) is 2. The SMILES string of the molecule is N/C(C=O)=N\N(N)Cc1ccccc1. The van der Waals surface area contributed by atoms with Crippen molar-refractivity contribution >= 4 is 12.1 Å². The number of hydrazone groups is 1. The molecule has 5 heteroatoms. The molecule has 0 saturated carbocycles. The molecule has 5 nitrogen and oxygen atoms in total. The van der Waals surface area contributed by atoms with Gasteiger partial charge in [-0.05, 0) is 5.56 Å². The summed E-state index contributed by atoms with van der Waals surface area (Å²) < 4.78 is 0. The lowest BCUT2D eigenvalue weighted by molar-refractivity contribution is -0.102. The standard InChI is InChI=1S/C9H12N4O/c10-9(7-14)12-13(11)6-8-4-2-1-3-5-8/h1-5,7H,6,11H2,(H2,10,12). The number of hydrogen-bond acceptors (Lipinski definition) is 4. The van der Waals surface area contributed by atoms with Crippen LogP contribution in [-0.4, -0.2) is 17.2 Å². The van der Waals surface area contributed by atoms with Gasteiger partial charge in [-0.1, -0.05) is 30.3 Å². The molecule has 0 amide bonds. The monoisotopic (exact) mass is 192 g/mol. The van der Waals surface area contributed by atoms with Crippen LogP contribution >= 0.6 is 0 Å². The van der Waals surface area contributed by atoms with Crippen molar-refractivity contribution in [1.82, 2.24) is 5.12 Å².